The van der Waals surface area contributed by atoms with Crippen molar-refractivity contribution < 1.29 is 9.90 Å². The van der Waals surface area contributed by atoms with Crippen LogP contribution in [0.1, 0.15) is 38.5 Å². The van der Waals surface area contributed by atoms with Crippen LogP contribution in [0.3, 0.4) is 0 Å². The molecule has 0 saturated carbocycles. The topological polar surface area (TPSA) is 49.3 Å². The highest BCUT2D eigenvalue weighted by molar-refractivity contribution is 9.10. The van der Waals surface area contributed by atoms with Gasteiger partial charge in [0.25, 0.3) is 0 Å². The summed E-state index contributed by atoms with van der Waals surface area (Å²) in [6, 6.07) is 2.05. The largest absolute Gasteiger partial charge is 0.393 e. The molecule has 0 radical (unpaired) electrons. The van der Waals surface area contributed by atoms with Gasteiger partial charge in [0.05, 0.1) is 6.10 Å². The molecule has 5 heteroatoms. The highest BCUT2D eigenvalue weighted by atomic mass is 79.9. The molecule has 108 valence electrons. The molecule has 2 N–H and O–H groups in total. The molecule has 0 aromatic carbocycles. The number of aliphatic hydroxyl groups excluding tert-OH is 1. The first kappa shape index (κ1) is 16.7. The van der Waals surface area contributed by atoms with E-state index >= 15 is 0 Å². The van der Waals surface area contributed by atoms with Crippen LogP contribution in [0.4, 0.5) is 0 Å². The molecular weight excluding hydrogens is 326 g/mol. The van der Waals surface area contributed by atoms with Gasteiger partial charge in [-0.15, -0.1) is 11.3 Å². The van der Waals surface area contributed by atoms with E-state index in [-0.39, 0.29) is 17.4 Å². The first-order chi connectivity index (χ1) is 8.78. The average Bonchev–Trinajstić information content (AvgIpc) is 2.68. The third-order valence-electron chi connectivity index (χ3n) is 2.83. The first-order valence-corrected chi connectivity index (χ1v) is 8.13. The first-order valence-electron chi connectivity index (χ1n) is 6.46. The quantitative estimate of drug-likeness (QED) is 0.794. The summed E-state index contributed by atoms with van der Waals surface area (Å²) in [6.45, 7) is 6.48. The van der Waals surface area contributed by atoms with E-state index in [2.05, 4.69) is 41.2 Å². The molecule has 1 unspecified atom stereocenters. The molecule has 1 heterocycles. The summed E-state index contributed by atoms with van der Waals surface area (Å²) >= 11 is 5.07. The Balaban J connectivity index is 2.28. The Morgan fingerprint density at radius 2 is 2.26 bits per heavy atom. The Morgan fingerprint density at radius 3 is 2.79 bits per heavy atom. The van der Waals surface area contributed by atoms with Gasteiger partial charge in [0.1, 0.15) is 0 Å². The van der Waals surface area contributed by atoms with Gasteiger partial charge in [-0.2, -0.15) is 0 Å². The van der Waals surface area contributed by atoms with Crippen LogP contribution in [0.15, 0.2) is 15.9 Å². The molecule has 0 bridgehead atoms. The number of carbonyl (C=O) groups is 1. The number of amides is 1. The van der Waals surface area contributed by atoms with E-state index < -0.39 is 0 Å². The third-order valence-corrected chi connectivity index (χ3v) is 4.59. The number of halogens is 1. The SMILES string of the molecule is CC(O)CC(C)(C)CNC(=O)CCc1cc(Br)cs1. The lowest BCUT2D eigenvalue weighted by Crippen LogP contribution is -2.35. The summed E-state index contributed by atoms with van der Waals surface area (Å²) in [7, 11) is 0. The number of thiophene rings is 1. The Labute approximate surface area is 127 Å². The van der Waals surface area contributed by atoms with Gasteiger partial charge in [0, 0.05) is 27.7 Å². The molecule has 1 aromatic rings. The van der Waals surface area contributed by atoms with Gasteiger partial charge in [-0.05, 0) is 47.2 Å². The number of nitrogens with one attached hydrogen (secondary N) is 1. The molecule has 0 saturated heterocycles. The molecule has 1 aromatic heterocycles. The molecule has 1 rings (SSSR count). The predicted molar refractivity (Wildman–Crippen MR) is 83.4 cm³/mol. The van der Waals surface area contributed by atoms with E-state index in [1.54, 1.807) is 18.3 Å². The van der Waals surface area contributed by atoms with Crippen LogP contribution < -0.4 is 5.32 Å². The van der Waals surface area contributed by atoms with E-state index in [1.165, 1.54) is 4.88 Å². The normalized spacial score (nSPS) is 13.3. The lowest BCUT2D eigenvalue weighted by Gasteiger charge is -2.26. The second-order valence-corrected chi connectivity index (χ2v) is 7.64. The van der Waals surface area contributed by atoms with E-state index in [1.807, 2.05) is 5.38 Å². The summed E-state index contributed by atoms with van der Waals surface area (Å²) in [5.74, 6) is 0.0724. The standard InChI is InChI=1S/C14H22BrNO2S/c1-10(17)7-14(2,3)9-16-13(18)5-4-12-6-11(15)8-19-12/h6,8,10,17H,4-5,7,9H2,1-3H3,(H,16,18). The van der Waals surface area contributed by atoms with Gasteiger partial charge in [0.15, 0.2) is 0 Å². The van der Waals surface area contributed by atoms with Gasteiger partial charge < -0.3 is 10.4 Å². The second kappa shape index (κ2) is 7.41. The minimum atomic E-state index is -0.338. The maximum Gasteiger partial charge on any atom is 0.220 e. The van der Waals surface area contributed by atoms with Crippen molar-refractivity contribution in [3.8, 4) is 0 Å². The zero-order valence-electron chi connectivity index (χ0n) is 11.7. The number of rotatable bonds is 7. The van der Waals surface area contributed by atoms with Crippen molar-refractivity contribution in [3.05, 3.63) is 20.8 Å². The molecule has 0 aliphatic carbocycles. The Kier molecular flexibility index (Phi) is 6.50. The highest BCUT2D eigenvalue weighted by Gasteiger charge is 2.20. The molecular formula is C14H22BrNO2S. The fourth-order valence-corrected chi connectivity index (χ4v) is 3.47. The van der Waals surface area contributed by atoms with Crippen LogP contribution in [0.2, 0.25) is 0 Å². The van der Waals surface area contributed by atoms with E-state index in [0.29, 0.717) is 19.4 Å². The molecule has 1 atom stereocenters. The molecule has 1 amide bonds. The summed E-state index contributed by atoms with van der Waals surface area (Å²) < 4.78 is 1.07. The van der Waals surface area contributed by atoms with Crippen LogP contribution in [0.25, 0.3) is 0 Å². The maximum atomic E-state index is 11.8. The van der Waals surface area contributed by atoms with Crippen molar-refractivity contribution in [1.82, 2.24) is 5.32 Å². The fraction of sp³-hybridized carbons (Fsp3) is 0.643. The van der Waals surface area contributed by atoms with Crippen molar-refractivity contribution in [2.45, 2.75) is 46.1 Å². The van der Waals surface area contributed by atoms with E-state index in [4.69, 9.17) is 0 Å². The Morgan fingerprint density at radius 1 is 1.58 bits per heavy atom. The Hall–Kier alpha value is -0.390. The minimum Gasteiger partial charge on any atom is -0.393 e. The summed E-state index contributed by atoms with van der Waals surface area (Å²) in [5, 5.41) is 14.4. The smallest absolute Gasteiger partial charge is 0.220 e. The molecule has 19 heavy (non-hydrogen) atoms. The van der Waals surface area contributed by atoms with Crippen LogP contribution >= 0.6 is 27.3 Å². The van der Waals surface area contributed by atoms with Crippen molar-refractivity contribution in [2.24, 2.45) is 5.41 Å². The third kappa shape index (κ3) is 7.09. The number of aliphatic hydroxyl groups is 1. The lowest BCUT2D eigenvalue weighted by atomic mass is 9.87. The number of hydrogen-bond donors (Lipinski definition) is 2. The van der Waals surface area contributed by atoms with E-state index in [0.717, 1.165) is 10.9 Å². The van der Waals surface area contributed by atoms with Crippen molar-refractivity contribution in [3.63, 3.8) is 0 Å². The predicted octanol–water partition coefficient (Wildman–Crippen LogP) is 3.36. The highest BCUT2D eigenvalue weighted by Crippen LogP contribution is 2.22. The monoisotopic (exact) mass is 347 g/mol. The minimum absolute atomic E-state index is 0.0724. The number of aryl methyl sites for hydroxylation is 1. The lowest BCUT2D eigenvalue weighted by molar-refractivity contribution is -0.121. The van der Waals surface area contributed by atoms with Crippen LogP contribution in [0.5, 0.6) is 0 Å². The maximum absolute atomic E-state index is 11.8. The zero-order valence-corrected chi connectivity index (χ0v) is 14.1. The average molecular weight is 348 g/mol. The van der Waals surface area contributed by atoms with E-state index in [9.17, 15) is 9.90 Å². The van der Waals surface area contributed by atoms with Gasteiger partial charge in [-0.3, -0.25) is 4.79 Å². The van der Waals surface area contributed by atoms with Crippen molar-refractivity contribution in [1.29, 1.82) is 0 Å². The summed E-state index contributed by atoms with van der Waals surface area (Å²) in [6.07, 6.45) is 1.64. The fourth-order valence-electron chi connectivity index (χ4n) is 2.02. The van der Waals surface area contributed by atoms with Crippen LogP contribution in [0, 0.1) is 5.41 Å². The second-order valence-electron chi connectivity index (χ2n) is 5.73. The van der Waals surface area contributed by atoms with Crippen LogP contribution in [-0.2, 0) is 11.2 Å². The molecule has 3 nitrogen and oxygen atoms in total. The zero-order chi connectivity index (χ0) is 14.5. The molecule has 0 spiro atoms. The number of hydrogen-bond acceptors (Lipinski definition) is 3. The summed E-state index contributed by atoms with van der Waals surface area (Å²) in [5.41, 5.74) is -0.0736. The Bertz CT molecular complexity index is 415. The summed E-state index contributed by atoms with van der Waals surface area (Å²) in [4.78, 5) is 13.0. The van der Waals surface area contributed by atoms with Gasteiger partial charge >= 0.3 is 0 Å². The number of carbonyl (C=O) groups excluding carboxylic acids is 1. The van der Waals surface area contributed by atoms with Gasteiger partial charge in [-0.25, -0.2) is 0 Å². The molecule has 0 aliphatic heterocycles. The molecule has 0 aliphatic rings. The van der Waals surface area contributed by atoms with Crippen molar-refractivity contribution in [2.75, 3.05) is 6.54 Å². The van der Waals surface area contributed by atoms with Crippen LogP contribution in [-0.4, -0.2) is 23.7 Å². The molecule has 0 fully saturated rings. The van der Waals surface area contributed by atoms with Crippen molar-refractivity contribution >= 4 is 33.2 Å². The van der Waals surface area contributed by atoms with Gasteiger partial charge in [0.2, 0.25) is 5.91 Å². The van der Waals surface area contributed by atoms with Gasteiger partial charge in [-0.1, -0.05) is 13.8 Å².